The number of carbonyl (C=O) groups excluding carboxylic acids is 2. The number of unbranched alkanes of at least 4 members (excludes halogenated alkanes) is 23. The molecule has 0 bridgehead atoms. The molecular weight excluding hydrogens is 892 g/mol. The second kappa shape index (κ2) is 49.8. The van der Waals surface area contributed by atoms with Gasteiger partial charge in [0.05, 0.1) is 33.8 Å². The molecule has 0 saturated heterocycles. The number of likely N-dealkylation sites (N-methyl/N-ethyl adjacent to an activating group) is 1. The standard InChI is InChI=1S/C60H107N2O7P/c1-7-10-13-16-19-22-25-28-30-32-34-37-40-43-46-49-52-59(63)61-57(56-68-70(65,66)67-55-54-62(4,5)6)58(51-48-45-42-39-36-33-27-24-21-18-15-12-9-3)69-60(64)53-50-47-44-41-38-35-31-29-26-23-20-17-14-11-8-2/h10,13,19-20,22-23,26,28-30,34,37,48,51,57-58H,7-9,11-12,14-18,21,24-25,27,31-33,35-36,38-47,49-50,52-56H2,1-6H3,(H-,61,63,65,66)/b13-10+,22-19+,23-20+,29-26+,30-28+,37-34+,51-48+. The Morgan fingerprint density at radius 3 is 1.50 bits per heavy atom. The second-order valence-electron chi connectivity index (χ2n) is 20.1. The largest absolute Gasteiger partial charge is 0.756 e. The Bertz CT molecular complexity index is 1480. The number of hydrogen-bond donors (Lipinski definition) is 1. The number of carbonyl (C=O) groups is 2. The molecule has 3 unspecified atom stereocenters. The third kappa shape index (κ3) is 50.1. The van der Waals surface area contributed by atoms with E-state index in [1.54, 1.807) is 0 Å². The zero-order valence-electron chi connectivity index (χ0n) is 45.9. The molecule has 9 nitrogen and oxygen atoms in total. The average Bonchev–Trinajstić information content (AvgIpc) is 3.32. The van der Waals surface area contributed by atoms with Gasteiger partial charge in [-0.1, -0.05) is 209 Å². The minimum absolute atomic E-state index is 0.0343. The minimum atomic E-state index is -4.71. The van der Waals surface area contributed by atoms with Gasteiger partial charge in [-0.15, -0.1) is 0 Å². The Morgan fingerprint density at radius 2 is 0.957 bits per heavy atom. The number of allylic oxidation sites excluding steroid dienone is 13. The number of quaternary nitrogens is 1. The van der Waals surface area contributed by atoms with Crippen LogP contribution in [0.2, 0.25) is 0 Å². The summed E-state index contributed by atoms with van der Waals surface area (Å²) in [6.07, 6.45) is 64.0. The first kappa shape index (κ1) is 67.2. The highest BCUT2D eigenvalue weighted by atomic mass is 31.2. The first-order valence-corrected chi connectivity index (χ1v) is 29.9. The minimum Gasteiger partial charge on any atom is -0.756 e. The van der Waals surface area contributed by atoms with Crippen molar-refractivity contribution in [2.45, 2.75) is 245 Å². The van der Waals surface area contributed by atoms with Crippen LogP contribution in [0, 0.1) is 0 Å². The fourth-order valence-electron chi connectivity index (χ4n) is 7.68. The molecular formula is C60H107N2O7P. The molecule has 3 atom stereocenters. The first-order chi connectivity index (χ1) is 33.9. The van der Waals surface area contributed by atoms with Gasteiger partial charge in [0, 0.05) is 12.8 Å². The lowest BCUT2D eigenvalue weighted by Gasteiger charge is -2.30. The Balaban J connectivity index is 5.47. The SMILES string of the molecule is CC/C=C/C/C=C/C/C=C/C/C=C/CCCCCC(=O)NC(COP(=O)([O-])OCC[N+](C)(C)C)C(/C=C/CCCCCCCCCCCCC)OC(=O)CCCCCCCC/C=C/C=C/CCCCC. The van der Waals surface area contributed by atoms with Crippen LogP contribution in [-0.2, 0) is 27.9 Å². The van der Waals surface area contributed by atoms with Crippen LogP contribution in [0.15, 0.2) is 85.1 Å². The van der Waals surface area contributed by atoms with E-state index in [-0.39, 0.29) is 31.3 Å². The van der Waals surface area contributed by atoms with E-state index in [0.29, 0.717) is 23.9 Å². The Morgan fingerprint density at radius 1 is 0.529 bits per heavy atom. The lowest BCUT2D eigenvalue weighted by atomic mass is 10.0. The summed E-state index contributed by atoms with van der Waals surface area (Å²) >= 11 is 0. The van der Waals surface area contributed by atoms with E-state index in [1.165, 1.54) is 77.0 Å². The van der Waals surface area contributed by atoms with Gasteiger partial charge in [-0.05, 0) is 96.0 Å². The van der Waals surface area contributed by atoms with Gasteiger partial charge in [0.2, 0.25) is 5.91 Å². The molecule has 0 aromatic rings. The molecule has 0 aliphatic rings. The zero-order chi connectivity index (χ0) is 51.5. The van der Waals surface area contributed by atoms with Gasteiger partial charge in [-0.25, -0.2) is 0 Å². The molecule has 0 radical (unpaired) electrons. The number of ether oxygens (including phenoxy) is 1. The topological polar surface area (TPSA) is 114 Å². The van der Waals surface area contributed by atoms with Crippen LogP contribution in [0.3, 0.4) is 0 Å². The van der Waals surface area contributed by atoms with Crippen molar-refractivity contribution in [3.8, 4) is 0 Å². The van der Waals surface area contributed by atoms with Crippen molar-refractivity contribution < 1.29 is 37.3 Å². The smallest absolute Gasteiger partial charge is 0.306 e. The van der Waals surface area contributed by atoms with Crippen LogP contribution in [0.4, 0.5) is 0 Å². The molecule has 70 heavy (non-hydrogen) atoms. The van der Waals surface area contributed by atoms with Crippen LogP contribution in [-0.4, -0.2) is 69.4 Å². The van der Waals surface area contributed by atoms with E-state index in [4.69, 9.17) is 13.8 Å². The maximum Gasteiger partial charge on any atom is 0.306 e. The van der Waals surface area contributed by atoms with Crippen molar-refractivity contribution >= 4 is 19.7 Å². The summed E-state index contributed by atoms with van der Waals surface area (Å²) in [4.78, 5) is 39.8. The number of nitrogens with one attached hydrogen (secondary N) is 1. The molecule has 0 aliphatic heterocycles. The lowest BCUT2D eigenvalue weighted by molar-refractivity contribution is -0.870. The van der Waals surface area contributed by atoms with Crippen LogP contribution >= 0.6 is 7.82 Å². The lowest BCUT2D eigenvalue weighted by Crippen LogP contribution is -2.47. The van der Waals surface area contributed by atoms with E-state index in [0.717, 1.165) is 109 Å². The second-order valence-corrected chi connectivity index (χ2v) is 21.5. The summed E-state index contributed by atoms with van der Waals surface area (Å²) in [6, 6.07) is -0.913. The van der Waals surface area contributed by atoms with E-state index >= 15 is 0 Å². The molecule has 0 heterocycles. The Hall–Kier alpha value is -2.81. The quantitative estimate of drug-likeness (QED) is 0.0161. The van der Waals surface area contributed by atoms with Gasteiger partial charge in [0.1, 0.15) is 19.3 Å². The van der Waals surface area contributed by atoms with Crippen molar-refractivity contribution in [2.24, 2.45) is 0 Å². The summed E-state index contributed by atoms with van der Waals surface area (Å²) in [6.45, 7) is 6.65. The molecule has 0 aromatic carbocycles. The van der Waals surface area contributed by atoms with Crippen LogP contribution in [0.25, 0.3) is 0 Å². The van der Waals surface area contributed by atoms with Crippen molar-refractivity contribution in [3.05, 3.63) is 85.1 Å². The molecule has 404 valence electrons. The maximum atomic E-state index is 13.5. The highest BCUT2D eigenvalue weighted by molar-refractivity contribution is 7.45. The number of rotatable bonds is 50. The van der Waals surface area contributed by atoms with E-state index in [9.17, 15) is 19.0 Å². The average molecular weight is 999 g/mol. The summed E-state index contributed by atoms with van der Waals surface area (Å²) in [5.41, 5.74) is 0. The molecule has 1 N–H and O–H groups in total. The van der Waals surface area contributed by atoms with Gasteiger partial charge in [-0.3, -0.25) is 14.2 Å². The normalized spacial score (nSPS) is 14.4. The highest BCUT2D eigenvalue weighted by Gasteiger charge is 2.27. The van der Waals surface area contributed by atoms with Crippen LogP contribution in [0.5, 0.6) is 0 Å². The number of nitrogens with zero attached hydrogens (tertiary/aromatic N) is 1. The molecule has 1 amide bonds. The molecule has 10 heteroatoms. The van der Waals surface area contributed by atoms with E-state index in [1.807, 2.05) is 33.3 Å². The van der Waals surface area contributed by atoms with Gasteiger partial charge in [-0.2, -0.15) is 0 Å². The van der Waals surface area contributed by atoms with Crippen molar-refractivity contribution in [3.63, 3.8) is 0 Å². The summed E-state index contributed by atoms with van der Waals surface area (Å²) < 4.78 is 30.2. The predicted molar refractivity (Wildman–Crippen MR) is 298 cm³/mol. The summed E-state index contributed by atoms with van der Waals surface area (Å²) in [5, 5.41) is 3.00. The van der Waals surface area contributed by atoms with Gasteiger partial charge >= 0.3 is 5.97 Å². The first-order valence-electron chi connectivity index (χ1n) is 28.4. The number of phosphoric ester groups is 1. The van der Waals surface area contributed by atoms with Crippen LogP contribution < -0.4 is 10.2 Å². The zero-order valence-corrected chi connectivity index (χ0v) is 46.8. The number of amides is 1. The predicted octanol–water partition coefficient (Wildman–Crippen LogP) is 16.4. The third-order valence-electron chi connectivity index (χ3n) is 12.1. The number of esters is 1. The Kier molecular flexibility index (Phi) is 47.8. The fourth-order valence-corrected chi connectivity index (χ4v) is 8.40. The summed E-state index contributed by atoms with van der Waals surface area (Å²) in [7, 11) is 1.15. The fraction of sp³-hybridized carbons (Fsp3) is 0.733. The van der Waals surface area contributed by atoms with E-state index < -0.39 is 26.6 Å². The molecule has 0 fully saturated rings. The van der Waals surface area contributed by atoms with Crippen molar-refractivity contribution in [1.29, 1.82) is 0 Å². The highest BCUT2D eigenvalue weighted by Crippen LogP contribution is 2.38. The van der Waals surface area contributed by atoms with Gasteiger partial charge in [0.25, 0.3) is 7.82 Å². The molecule has 0 rings (SSSR count). The molecule has 0 aromatic heterocycles. The monoisotopic (exact) mass is 999 g/mol. The number of phosphoric acid groups is 1. The van der Waals surface area contributed by atoms with Crippen LogP contribution in [0.1, 0.15) is 233 Å². The Labute approximate surface area is 431 Å². The van der Waals surface area contributed by atoms with Crippen molar-refractivity contribution in [1.82, 2.24) is 5.32 Å². The van der Waals surface area contributed by atoms with Crippen molar-refractivity contribution in [2.75, 3.05) is 40.9 Å². The molecule has 0 spiro atoms. The third-order valence-corrected chi connectivity index (χ3v) is 13.1. The summed E-state index contributed by atoms with van der Waals surface area (Å²) in [5.74, 6) is -0.595. The molecule has 0 saturated carbocycles. The van der Waals surface area contributed by atoms with Gasteiger partial charge in [0.15, 0.2) is 0 Å². The van der Waals surface area contributed by atoms with Gasteiger partial charge < -0.3 is 28.5 Å². The molecule has 0 aliphatic carbocycles. The number of hydrogen-bond acceptors (Lipinski definition) is 7. The maximum absolute atomic E-state index is 13.5. The van der Waals surface area contributed by atoms with E-state index in [2.05, 4.69) is 99.0 Å².